The second-order valence-corrected chi connectivity index (χ2v) is 6.52. The van der Waals surface area contributed by atoms with Crippen LogP contribution < -0.4 is 0 Å². The largest absolute Gasteiger partial charge is 0.269 e. The van der Waals surface area contributed by atoms with Gasteiger partial charge in [0.15, 0.2) is 0 Å². The Hall–Kier alpha value is -0.790. The highest BCUT2D eigenvalue weighted by molar-refractivity contribution is 5.36. The van der Waals surface area contributed by atoms with Crippen molar-refractivity contribution in [1.82, 2.24) is 9.78 Å². The first kappa shape index (κ1) is 14.3. The van der Waals surface area contributed by atoms with Crippen LogP contribution in [0.2, 0.25) is 0 Å². The fourth-order valence-corrected chi connectivity index (χ4v) is 2.49. The zero-order valence-electron chi connectivity index (χ0n) is 12.8. The van der Waals surface area contributed by atoms with Crippen LogP contribution in [0.4, 0.5) is 0 Å². The van der Waals surface area contributed by atoms with E-state index in [1.54, 1.807) is 0 Å². The summed E-state index contributed by atoms with van der Waals surface area (Å²) in [6, 6.07) is 0. The molecule has 1 rings (SSSR count). The smallest absolute Gasteiger partial charge is 0.0690 e. The Kier molecular flexibility index (Phi) is 4.06. The molecule has 1 aromatic heterocycles. The summed E-state index contributed by atoms with van der Waals surface area (Å²) in [4.78, 5) is 0. The van der Waals surface area contributed by atoms with E-state index >= 15 is 0 Å². The molecule has 0 bridgehead atoms. The lowest BCUT2D eigenvalue weighted by molar-refractivity contribution is 0.551. The van der Waals surface area contributed by atoms with E-state index in [4.69, 9.17) is 5.10 Å². The van der Waals surface area contributed by atoms with Gasteiger partial charge in [-0.05, 0) is 24.2 Å². The molecule has 0 saturated carbocycles. The van der Waals surface area contributed by atoms with Gasteiger partial charge in [0.1, 0.15) is 0 Å². The van der Waals surface area contributed by atoms with Crippen molar-refractivity contribution < 1.29 is 0 Å². The summed E-state index contributed by atoms with van der Waals surface area (Å²) in [5.41, 5.74) is 4.34. The normalized spacial score (nSPS) is 12.8. The van der Waals surface area contributed by atoms with E-state index in [9.17, 15) is 0 Å². The van der Waals surface area contributed by atoms with Gasteiger partial charge in [0, 0.05) is 17.8 Å². The molecule has 1 aromatic rings. The fraction of sp³-hybridized carbons (Fsp3) is 0.800. The molecule has 0 spiro atoms. The molecule has 0 unspecified atom stereocenters. The van der Waals surface area contributed by atoms with Crippen molar-refractivity contribution in [1.29, 1.82) is 0 Å². The number of hydrogen-bond donors (Lipinski definition) is 0. The van der Waals surface area contributed by atoms with Gasteiger partial charge in [0.2, 0.25) is 0 Å². The summed E-state index contributed by atoms with van der Waals surface area (Å²) < 4.78 is 2.20. The molecule has 0 saturated heterocycles. The quantitative estimate of drug-likeness (QED) is 0.758. The van der Waals surface area contributed by atoms with E-state index in [0.29, 0.717) is 11.8 Å². The van der Waals surface area contributed by atoms with Gasteiger partial charge in [-0.2, -0.15) is 5.10 Å². The third-order valence-corrected chi connectivity index (χ3v) is 3.16. The maximum absolute atomic E-state index is 4.83. The summed E-state index contributed by atoms with van der Waals surface area (Å²) in [7, 11) is 0. The van der Waals surface area contributed by atoms with Crippen LogP contribution >= 0.6 is 0 Å². The van der Waals surface area contributed by atoms with Gasteiger partial charge >= 0.3 is 0 Å². The van der Waals surface area contributed by atoms with E-state index in [2.05, 4.69) is 60.1 Å². The van der Waals surface area contributed by atoms with Crippen LogP contribution in [0.3, 0.4) is 0 Å². The zero-order chi connectivity index (χ0) is 13.4. The predicted octanol–water partition coefficient (Wildman–Crippen LogP) is 4.45. The molecular weight excluding hydrogens is 208 g/mol. The molecule has 0 aliphatic carbocycles. The van der Waals surface area contributed by atoms with Crippen LogP contribution in [-0.4, -0.2) is 9.78 Å². The van der Waals surface area contributed by atoms with Crippen LogP contribution in [0.15, 0.2) is 0 Å². The van der Waals surface area contributed by atoms with Crippen molar-refractivity contribution in [2.24, 2.45) is 0 Å². The number of rotatable bonds is 3. The van der Waals surface area contributed by atoms with E-state index in [-0.39, 0.29) is 5.41 Å². The Labute approximate surface area is 106 Å². The second kappa shape index (κ2) is 4.83. The standard InChI is InChI=1S/C15H28N2/c1-9-17-14(11(4)5)12(15(6,7)8)13(16-17)10(2)3/h10-11H,9H2,1-8H3. The molecule has 0 aliphatic heterocycles. The van der Waals surface area contributed by atoms with Crippen LogP contribution in [0.5, 0.6) is 0 Å². The molecule has 0 atom stereocenters. The molecule has 0 N–H and O–H groups in total. The summed E-state index contributed by atoms with van der Waals surface area (Å²) in [6.45, 7) is 19.0. The van der Waals surface area contributed by atoms with Crippen molar-refractivity contribution in [2.75, 3.05) is 0 Å². The topological polar surface area (TPSA) is 17.8 Å². The van der Waals surface area contributed by atoms with Crippen molar-refractivity contribution in [3.63, 3.8) is 0 Å². The summed E-state index contributed by atoms with van der Waals surface area (Å²) in [6.07, 6.45) is 0. The Bertz CT molecular complexity index is 378. The minimum atomic E-state index is 0.173. The molecule has 98 valence electrons. The van der Waals surface area contributed by atoms with Gasteiger partial charge < -0.3 is 0 Å². The van der Waals surface area contributed by atoms with Gasteiger partial charge in [-0.1, -0.05) is 48.5 Å². The number of aromatic nitrogens is 2. The Morgan fingerprint density at radius 2 is 1.59 bits per heavy atom. The lowest BCUT2D eigenvalue weighted by Crippen LogP contribution is -2.17. The minimum absolute atomic E-state index is 0.173. The Balaban J connectivity index is 3.54. The highest BCUT2D eigenvalue weighted by Gasteiger charge is 2.29. The molecule has 0 fully saturated rings. The second-order valence-electron chi connectivity index (χ2n) is 6.52. The number of aryl methyl sites for hydroxylation is 1. The first-order valence-electron chi connectivity index (χ1n) is 6.81. The molecular formula is C15H28N2. The maximum Gasteiger partial charge on any atom is 0.0690 e. The van der Waals surface area contributed by atoms with Crippen LogP contribution in [0.25, 0.3) is 0 Å². The first-order valence-corrected chi connectivity index (χ1v) is 6.81. The Morgan fingerprint density at radius 3 is 1.88 bits per heavy atom. The Morgan fingerprint density at radius 1 is 1.06 bits per heavy atom. The van der Waals surface area contributed by atoms with Gasteiger partial charge in [0.25, 0.3) is 0 Å². The number of hydrogen-bond acceptors (Lipinski definition) is 1. The highest BCUT2D eigenvalue weighted by Crippen LogP contribution is 2.36. The van der Waals surface area contributed by atoms with Crippen molar-refractivity contribution >= 4 is 0 Å². The lowest BCUT2D eigenvalue weighted by atomic mass is 9.81. The molecule has 0 aromatic carbocycles. The van der Waals surface area contributed by atoms with Crippen molar-refractivity contribution in [2.45, 2.75) is 79.2 Å². The summed E-state index contributed by atoms with van der Waals surface area (Å²) >= 11 is 0. The zero-order valence-corrected chi connectivity index (χ0v) is 12.8. The van der Waals surface area contributed by atoms with E-state index in [0.717, 1.165) is 6.54 Å². The SMILES string of the molecule is CCn1nc(C(C)C)c(C(C)(C)C)c1C(C)C. The van der Waals surface area contributed by atoms with Crippen molar-refractivity contribution in [3.8, 4) is 0 Å². The number of nitrogens with zero attached hydrogens (tertiary/aromatic N) is 2. The summed E-state index contributed by atoms with van der Waals surface area (Å²) in [5, 5.41) is 4.83. The third kappa shape index (κ3) is 2.72. The lowest BCUT2D eigenvalue weighted by Gasteiger charge is -2.24. The van der Waals surface area contributed by atoms with Crippen LogP contribution in [0.1, 0.15) is 84.2 Å². The molecule has 17 heavy (non-hydrogen) atoms. The van der Waals surface area contributed by atoms with E-state index < -0.39 is 0 Å². The molecule has 0 radical (unpaired) electrons. The van der Waals surface area contributed by atoms with Gasteiger partial charge in [-0.15, -0.1) is 0 Å². The average molecular weight is 236 g/mol. The van der Waals surface area contributed by atoms with Crippen LogP contribution in [0, 0.1) is 0 Å². The highest BCUT2D eigenvalue weighted by atomic mass is 15.3. The van der Waals surface area contributed by atoms with Crippen LogP contribution in [-0.2, 0) is 12.0 Å². The molecule has 2 nitrogen and oxygen atoms in total. The first-order chi connectivity index (χ1) is 7.70. The molecule has 1 heterocycles. The van der Waals surface area contributed by atoms with E-state index in [1.165, 1.54) is 17.0 Å². The average Bonchev–Trinajstić information content (AvgIpc) is 2.55. The minimum Gasteiger partial charge on any atom is -0.269 e. The van der Waals surface area contributed by atoms with Crippen molar-refractivity contribution in [3.05, 3.63) is 17.0 Å². The molecule has 2 heteroatoms. The fourth-order valence-electron chi connectivity index (χ4n) is 2.49. The van der Waals surface area contributed by atoms with Gasteiger partial charge in [-0.25, -0.2) is 0 Å². The maximum atomic E-state index is 4.83. The summed E-state index contributed by atoms with van der Waals surface area (Å²) in [5.74, 6) is 1.03. The monoisotopic (exact) mass is 236 g/mol. The predicted molar refractivity (Wildman–Crippen MR) is 74.8 cm³/mol. The van der Waals surface area contributed by atoms with E-state index in [1.807, 2.05) is 0 Å². The molecule has 0 amide bonds. The van der Waals surface area contributed by atoms with Gasteiger partial charge in [-0.3, -0.25) is 4.68 Å². The molecule has 0 aliphatic rings. The third-order valence-electron chi connectivity index (χ3n) is 3.16. The van der Waals surface area contributed by atoms with Gasteiger partial charge in [0.05, 0.1) is 5.69 Å².